The van der Waals surface area contributed by atoms with Gasteiger partial charge in [0, 0.05) is 18.7 Å². The second-order valence-corrected chi connectivity index (χ2v) is 9.35. The largest absolute Gasteiger partial charge is 0.326 e. The minimum absolute atomic E-state index is 0.0323. The Bertz CT molecular complexity index is 1100. The molecule has 2 aromatic carbocycles. The highest BCUT2D eigenvalue weighted by molar-refractivity contribution is 8.16. The van der Waals surface area contributed by atoms with Crippen molar-refractivity contribution in [3.8, 4) is 0 Å². The average molecular weight is 444 g/mol. The van der Waals surface area contributed by atoms with Gasteiger partial charge in [-0.15, -0.1) is 11.0 Å². The number of nitrogens with one attached hydrogen (secondary N) is 1. The third kappa shape index (κ3) is 4.98. The van der Waals surface area contributed by atoms with Gasteiger partial charge >= 0.3 is 0 Å². The fourth-order valence-electron chi connectivity index (χ4n) is 2.84. The van der Waals surface area contributed by atoms with Crippen LogP contribution in [0.5, 0.6) is 0 Å². The zero-order valence-electron chi connectivity index (χ0n) is 16.3. The van der Waals surface area contributed by atoms with Gasteiger partial charge in [-0.3, -0.25) is 14.5 Å². The fraction of sp³-hybridized carbons (Fsp3) is 0.190. The summed E-state index contributed by atoms with van der Waals surface area (Å²) in [5.41, 5.74) is 1.57. The highest BCUT2D eigenvalue weighted by Gasteiger charge is 2.39. The quantitative estimate of drug-likeness (QED) is 0.663. The molecule has 0 radical (unpaired) electrons. The molecule has 0 saturated carbocycles. The number of anilines is 1. The standard InChI is InChI=1S/C21H21N3O4S2/c1-3-13-24-20(26)18(14-19(25)22-17-12-8-7-9-15(17)2)29-21(24)23-30(27,28)16-10-5-4-6-11-16/h3-12,18H,1,13-14H2,2H3,(H,22,25)/b23-21+. The smallest absolute Gasteiger partial charge is 0.284 e. The summed E-state index contributed by atoms with van der Waals surface area (Å²) in [6, 6.07) is 15.1. The van der Waals surface area contributed by atoms with Crippen LogP contribution in [-0.2, 0) is 19.6 Å². The molecule has 7 nitrogen and oxygen atoms in total. The minimum Gasteiger partial charge on any atom is -0.326 e. The first-order valence-electron chi connectivity index (χ1n) is 9.16. The predicted molar refractivity (Wildman–Crippen MR) is 119 cm³/mol. The van der Waals surface area contributed by atoms with E-state index in [1.807, 2.05) is 25.1 Å². The molecule has 1 atom stereocenters. The molecule has 1 aliphatic rings. The first-order valence-corrected chi connectivity index (χ1v) is 11.5. The SMILES string of the molecule is C=CCN1C(=O)C(CC(=O)Nc2ccccc2C)S/C1=N/S(=O)(=O)c1ccccc1. The first kappa shape index (κ1) is 21.8. The van der Waals surface area contributed by atoms with E-state index in [1.165, 1.54) is 23.1 Å². The number of carbonyl (C=O) groups excluding carboxylic acids is 2. The molecular weight excluding hydrogens is 422 g/mol. The minimum atomic E-state index is -3.99. The molecule has 0 aliphatic carbocycles. The van der Waals surface area contributed by atoms with Crippen molar-refractivity contribution in [2.45, 2.75) is 23.5 Å². The Morgan fingerprint density at radius 3 is 2.53 bits per heavy atom. The van der Waals surface area contributed by atoms with E-state index in [2.05, 4.69) is 16.3 Å². The lowest BCUT2D eigenvalue weighted by Gasteiger charge is -2.14. The van der Waals surface area contributed by atoms with E-state index < -0.39 is 15.3 Å². The van der Waals surface area contributed by atoms with Crippen LogP contribution < -0.4 is 5.32 Å². The van der Waals surface area contributed by atoms with E-state index in [9.17, 15) is 18.0 Å². The molecule has 3 rings (SSSR count). The van der Waals surface area contributed by atoms with Gasteiger partial charge in [0.05, 0.1) is 4.90 Å². The van der Waals surface area contributed by atoms with Crippen LogP contribution in [0.25, 0.3) is 0 Å². The molecule has 30 heavy (non-hydrogen) atoms. The fourth-order valence-corrected chi connectivity index (χ4v) is 5.22. The molecule has 1 N–H and O–H groups in total. The second kappa shape index (κ2) is 9.27. The molecule has 0 bridgehead atoms. The molecule has 1 fully saturated rings. The Kier molecular flexibility index (Phi) is 6.73. The van der Waals surface area contributed by atoms with Crippen molar-refractivity contribution in [1.29, 1.82) is 0 Å². The number of sulfonamides is 1. The van der Waals surface area contributed by atoms with Crippen molar-refractivity contribution in [3.63, 3.8) is 0 Å². The van der Waals surface area contributed by atoms with Crippen molar-refractivity contribution < 1.29 is 18.0 Å². The molecule has 1 heterocycles. The van der Waals surface area contributed by atoms with Gasteiger partial charge in [-0.05, 0) is 30.7 Å². The Hall–Kier alpha value is -2.91. The van der Waals surface area contributed by atoms with Gasteiger partial charge in [0.2, 0.25) is 11.8 Å². The predicted octanol–water partition coefficient (Wildman–Crippen LogP) is 3.20. The van der Waals surface area contributed by atoms with E-state index in [0.717, 1.165) is 17.3 Å². The Balaban J connectivity index is 1.80. The van der Waals surface area contributed by atoms with Crippen molar-refractivity contribution in [3.05, 3.63) is 72.8 Å². The first-order chi connectivity index (χ1) is 14.3. The highest BCUT2D eigenvalue weighted by Crippen LogP contribution is 2.31. The van der Waals surface area contributed by atoms with Crippen LogP contribution in [0.1, 0.15) is 12.0 Å². The number of hydrogen-bond acceptors (Lipinski definition) is 5. The lowest BCUT2D eigenvalue weighted by Crippen LogP contribution is -2.34. The maximum absolute atomic E-state index is 12.8. The number of amides is 2. The zero-order chi connectivity index (χ0) is 21.7. The molecule has 9 heteroatoms. The van der Waals surface area contributed by atoms with E-state index in [0.29, 0.717) is 5.69 Å². The van der Waals surface area contributed by atoms with Crippen LogP contribution in [0, 0.1) is 6.92 Å². The third-order valence-electron chi connectivity index (χ3n) is 4.36. The van der Waals surface area contributed by atoms with E-state index in [1.54, 1.807) is 24.3 Å². The summed E-state index contributed by atoms with van der Waals surface area (Å²) in [4.78, 5) is 26.5. The van der Waals surface area contributed by atoms with E-state index in [-0.39, 0.29) is 34.8 Å². The van der Waals surface area contributed by atoms with Gasteiger partial charge in [0.25, 0.3) is 10.0 Å². The second-order valence-electron chi connectivity index (χ2n) is 6.57. The summed E-state index contributed by atoms with van der Waals surface area (Å²) in [5, 5.41) is 2.07. The zero-order valence-corrected chi connectivity index (χ0v) is 17.9. The van der Waals surface area contributed by atoms with Crippen molar-refractivity contribution >= 4 is 44.5 Å². The summed E-state index contributed by atoms with van der Waals surface area (Å²) in [7, 11) is -3.99. The summed E-state index contributed by atoms with van der Waals surface area (Å²) in [6.45, 7) is 5.59. The van der Waals surface area contributed by atoms with Gasteiger partial charge in [-0.25, -0.2) is 0 Å². The Morgan fingerprint density at radius 1 is 1.20 bits per heavy atom. The van der Waals surface area contributed by atoms with Gasteiger partial charge in [-0.1, -0.05) is 54.2 Å². The number of nitrogens with zero attached hydrogens (tertiary/aromatic N) is 2. The normalized spacial score (nSPS) is 17.9. The third-order valence-corrected chi connectivity index (χ3v) is 6.93. The van der Waals surface area contributed by atoms with Crippen molar-refractivity contribution in [1.82, 2.24) is 4.90 Å². The van der Waals surface area contributed by atoms with Crippen LogP contribution in [0.2, 0.25) is 0 Å². The number of carbonyl (C=O) groups is 2. The van der Waals surface area contributed by atoms with Crippen LogP contribution in [-0.4, -0.2) is 42.1 Å². The van der Waals surface area contributed by atoms with Crippen LogP contribution >= 0.6 is 11.8 Å². The Morgan fingerprint density at radius 2 is 1.87 bits per heavy atom. The molecule has 0 spiro atoms. The van der Waals surface area contributed by atoms with Crippen LogP contribution in [0.3, 0.4) is 0 Å². The molecule has 0 aromatic heterocycles. The van der Waals surface area contributed by atoms with Crippen molar-refractivity contribution in [2.24, 2.45) is 4.40 Å². The van der Waals surface area contributed by atoms with Gasteiger partial charge in [0.15, 0.2) is 5.17 Å². The number of rotatable bonds is 7. The molecule has 2 aromatic rings. The average Bonchev–Trinajstić information content (AvgIpc) is 2.99. The summed E-state index contributed by atoms with van der Waals surface area (Å²) in [6.07, 6.45) is 1.38. The van der Waals surface area contributed by atoms with Crippen molar-refractivity contribution in [2.75, 3.05) is 11.9 Å². The maximum Gasteiger partial charge on any atom is 0.284 e. The van der Waals surface area contributed by atoms with Gasteiger partial charge in [-0.2, -0.15) is 8.42 Å². The van der Waals surface area contributed by atoms with E-state index >= 15 is 0 Å². The number of benzene rings is 2. The topological polar surface area (TPSA) is 95.9 Å². The molecule has 1 aliphatic heterocycles. The number of amidine groups is 1. The molecule has 1 saturated heterocycles. The molecular formula is C21H21N3O4S2. The van der Waals surface area contributed by atoms with Gasteiger partial charge < -0.3 is 5.32 Å². The maximum atomic E-state index is 12.8. The lowest BCUT2D eigenvalue weighted by atomic mass is 10.2. The number of aryl methyl sites for hydroxylation is 1. The number of para-hydroxylation sites is 1. The highest BCUT2D eigenvalue weighted by atomic mass is 32.2. The molecule has 156 valence electrons. The molecule has 2 amide bonds. The summed E-state index contributed by atoms with van der Waals surface area (Å²) >= 11 is 0.970. The van der Waals surface area contributed by atoms with Crippen LogP contribution in [0.4, 0.5) is 5.69 Å². The summed E-state index contributed by atoms with van der Waals surface area (Å²) in [5.74, 6) is -0.706. The van der Waals surface area contributed by atoms with E-state index in [4.69, 9.17) is 0 Å². The Labute approximate surface area is 179 Å². The van der Waals surface area contributed by atoms with Gasteiger partial charge in [0.1, 0.15) is 5.25 Å². The molecule has 1 unspecified atom stereocenters. The van der Waals surface area contributed by atoms with Crippen LogP contribution in [0.15, 0.2) is 76.5 Å². The number of thioether (sulfide) groups is 1. The lowest BCUT2D eigenvalue weighted by molar-refractivity contribution is -0.127. The summed E-state index contributed by atoms with van der Waals surface area (Å²) < 4.78 is 29.1. The monoisotopic (exact) mass is 443 g/mol. The number of hydrogen-bond donors (Lipinski definition) is 1.